The molecule has 2 fully saturated rings. The van der Waals surface area contributed by atoms with Gasteiger partial charge in [-0.05, 0) is 54.4 Å². The SMILES string of the molecule is CC1CCN(c2nnc(Sc3nc4ccccn4c3[N+](=O)[O-])n2C2CC2)CC1. The average molecular weight is 399 g/mol. The third-order valence-electron chi connectivity index (χ3n) is 5.46. The summed E-state index contributed by atoms with van der Waals surface area (Å²) < 4.78 is 3.67. The number of rotatable bonds is 5. The highest BCUT2D eigenvalue weighted by atomic mass is 32.2. The first-order valence-corrected chi connectivity index (χ1v) is 10.4. The summed E-state index contributed by atoms with van der Waals surface area (Å²) in [4.78, 5) is 18.1. The third-order valence-corrected chi connectivity index (χ3v) is 6.39. The molecule has 0 unspecified atom stereocenters. The second kappa shape index (κ2) is 6.77. The summed E-state index contributed by atoms with van der Waals surface area (Å²) in [6.45, 7) is 4.24. The van der Waals surface area contributed by atoms with Crippen molar-refractivity contribution in [2.75, 3.05) is 18.0 Å². The first kappa shape index (κ1) is 17.5. The zero-order valence-electron chi connectivity index (χ0n) is 15.6. The van der Waals surface area contributed by atoms with E-state index in [0.29, 0.717) is 21.9 Å². The van der Waals surface area contributed by atoms with Crippen LogP contribution in [0.3, 0.4) is 0 Å². The molecular formula is C18H21N7O2S. The number of hydrogen-bond acceptors (Lipinski definition) is 7. The summed E-state index contributed by atoms with van der Waals surface area (Å²) in [6, 6.07) is 5.73. The summed E-state index contributed by atoms with van der Waals surface area (Å²) >= 11 is 1.24. The Bertz CT molecular complexity index is 1030. The molecule has 5 rings (SSSR count). The molecule has 10 heteroatoms. The van der Waals surface area contributed by atoms with Gasteiger partial charge in [0.25, 0.3) is 0 Å². The normalized spacial score (nSPS) is 18.1. The summed E-state index contributed by atoms with van der Waals surface area (Å²) in [5, 5.41) is 21.6. The highest BCUT2D eigenvalue weighted by molar-refractivity contribution is 7.99. The molecule has 1 aliphatic carbocycles. The van der Waals surface area contributed by atoms with Crippen LogP contribution in [0.5, 0.6) is 0 Å². The average Bonchev–Trinajstić information content (AvgIpc) is 3.33. The van der Waals surface area contributed by atoms with E-state index in [2.05, 4.69) is 31.6 Å². The van der Waals surface area contributed by atoms with E-state index in [1.165, 1.54) is 16.2 Å². The minimum absolute atomic E-state index is 0.0284. The van der Waals surface area contributed by atoms with Crippen LogP contribution in [0.25, 0.3) is 5.65 Å². The smallest absolute Gasteiger partial charge is 0.358 e. The van der Waals surface area contributed by atoms with Crippen molar-refractivity contribution in [3.8, 4) is 0 Å². The van der Waals surface area contributed by atoms with Crippen LogP contribution in [0, 0.1) is 16.0 Å². The van der Waals surface area contributed by atoms with E-state index in [1.54, 1.807) is 18.3 Å². The molecule has 3 aromatic heterocycles. The first-order valence-electron chi connectivity index (χ1n) is 9.61. The Balaban J connectivity index is 1.52. The number of hydrogen-bond donors (Lipinski definition) is 0. The van der Waals surface area contributed by atoms with Crippen LogP contribution in [-0.4, -0.2) is 42.2 Å². The van der Waals surface area contributed by atoms with Gasteiger partial charge in [-0.2, -0.15) is 9.38 Å². The molecular weight excluding hydrogens is 378 g/mol. The molecule has 28 heavy (non-hydrogen) atoms. The van der Waals surface area contributed by atoms with Gasteiger partial charge in [0.05, 0.1) is 6.20 Å². The van der Waals surface area contributed by atoms with E-state index in [-0.39, 0.29) is 10.7 Å². The van der Waals surface area contributed by atoms with Crippen LogP contribution < -0.4 is 4.90 Å². The number of aromatic nitrogens is 5. The highest BCUT2D eigenvalue weighted by Gasteiger charge is 2.34. The van der Waals surface area contributed by atoms with Crippen molar-refractivity contribution in [1.82, 2.24) is 24.1 Å². The maximum absolute atomic E-state index is 11.7. The molecule has 146 valence electrons. The van der Waals surface area contributed by atoms with Gasteiger partial charge >= 0.3 is 5.82 Å². The monoisotopic (exact) mass is 399 g/mol. The fraction of sp³-hybridized carbons (Fsp3) is 0.500. The zero-order chi connectivity index (χ0) is 19.3. The fourth-order valence-corrected chi connectivity index (χ4v) is 4.68. The predicted molar refractivity (Wildman–Crippen MR) is 105 cm³/mol. The van der Waals surface area contributed by atoms with Gasteiger partial charge in [0.2, 0.25) is 16.6 Å². The standard InChI is InChI=1S/C18H21N7O2S/c1-12-7-10-22(11-8-12)17-20-21-18(24(17)13-5-6-13)28-15-16(25(26)27)23-9-3-2-4-14(23)19-15/h2-4,9,12-13H,5-8,10-11H2,1H3. The lowest BCUT2D eigenvalue weighted by Gasteiger charge is -2.31. The van der Waals surface area contributed by atoms with Crippen LogP contribution in [-0.2, 0) is 0 Å². The number of anilines is 1. The topological polar surface area (TPSA) is 94.4 Å². The Hall–Kier alpha value is -2.62. The molecule has 0 radical (unpaired) electrons. The minimum atomic E-state index is -0.382. The lowest BCUT2D eigenvalue weighted by molar-refractivity contribution is -0.393. The number of nitro groups is 1. The summed E-state index contributed by atoms with van der Waals surface area (Å²) in [6.07, 6.45) is 6.15. The van der Waals surface area contributed by atoms with E-state index < -0.39 is 0 Å². The van der Waals surface area contributed by atoms with Crippen molar-refractivity contribution in [3.63, 3.8) is 0 Å². The zero-order valence-corrected chi connectivity index (χ0v) is 16.4. The van der Waals surface area contributed by atoms with E-state index in [4.69, 9.17) is 0 Å². The molecule has 3 aromatic rings. The van der Waals surface area contributed by atoms with Crippen molar-refractivity contribution in [2.45, 2.75) is 48.8 Å². The molecule has 4 heterocycles. The third kappa shape index (κ3) is 3.01. The first-order chi connectivity index (χ1) is 13.6. The molecule has 9 nitrogen and oxygen atoms in total. The van der Waals surface area contributed by atoms with Crippen molar-refractivity contribution < 1.29 is 4.92 Å². The molecule has 0 spiro atoms. The molecule has 0 bridgehead atoms. The van der Waals surface area contributed by atoms with E-state index in [1.807, 2.05) is 6.07 Å². The van der Waals surface area contributed by atoms with Gasteiger partial charge in [-0.25, -0.2) is 0 Å². The summed E-state index contributed by atoms with van der Waals surface area (Å²) in [7, 11) is 0. The van der Waals surface area contributed by atoms with Crippen LogP contribution in [0.15, 0.2) is 34.6 Å². The van der Waals surface area contributed by atoms with E-state index in [0.717, 1.165) is 50.6 Å². The molecule has 0 atom stereocenters. The maximum atomic E-state index is 11.7. The van der Waals surface area contributed by atoms with Crippen molar-refractivity contribution >= 4 is 29.2 Å². The van der Waals surface area contributed by atoms with Crippen LogP contribution in [0.4, 0.5) is 11.8 Å². The molecule has 0 amide bonds. The van der Waals surface area contributed by atoms with E-state index in [9.17, 15) is 10.1 Å². The second-order valence-corrected chi connectivity index (χ2v) is 8.54. The van der Waals surface area contributed by atoms with Crippen LogP contribution in [0.1, 0.15) is 38.6 Å². The number of fused-ring (bicyclic) bond motifs is 1. The van der Waals surface area contributed by atoms with Crippen molar-refractivity contribution in [3.05, 3.63) is 34.5 Å². The lowest BCUT2D eigenvalue weighted by atomic mass is 10.00. The maximum Gasteiger partial charge on any atom is 0.362 e. The van der Waals surface area contributed by atoms with Crippen molar-refractivity contribution in [2.24, 2.45) is 5.92 Å². The highest BCUT2D eigenvalue weighted by Crippen LogP contribution is 2.44. The van der Waals surface area contributed by atoms with Gasteiger partial charge in [0.1, 0.15) is 0 Å². The summed E-state index contributed by atoms with van der Waals surface area (Å²) in [5.41, 5.74) is 0.555. The van der Waals surface area contributed by atoms with Gasteiger partial charge in [0.15, 0.2) is 5.16 Å². The fourth-order valence-electron chi connectivity index (χ4n) is 3.70. The Morgan fingerprint density at radius 3 is 2.68 bits per heavy atom. The van der Waals surface area contributed by atoms with Gasteiger partial charge in [-0.3, -0.25) is 4.57 Å². The Morgan fingerprint density at radius 1 is 1.18 bits per heavy atom. The Kier molecular flexibility index (Phi) is 4.22. The number of piperidine rings is 1. The molecule has 0 aromatic carbocycles. The van der Waals surface area contributed by atoms with Gasteiger partial charge in [-0.15, -0.1) is 10.2 Å². The molecule has 1 aliphatic heterocycles. The molecule has 1 saturated heterocycles. The van der Waals surface area contributed by atoms with Crippen LogP contribution >= 0.6 is 11.8 Å². The van der Waals surface area contributed by atoms with Gasteiger partial charge < -0.3 is 15.0 Å². The number of nitrogens with zero attached hydrogens (tertiary/aromatic N) is 7. The lowest BCUT2D eigenvalue weighted by Crippen LogP contribution is -2.34. The van der Waals surface area contributed by atoms with Crippen LogP contribution in [0.2, 0.25) is 0 Å². The summed E-state index contributed by atoms with van der Waals surface area (Å²) in [5.74, 6) is 1.60. The largest absolute Gasteiger partial charge is 0.362 e. The van der Waals surface area contributed by atoms with E-state index >= 15 is 0 Å². The number of pyridine rings is 1. The number of imidazole rings is 1. The van der Waals surface area contributed by atoms with Crippen molar-refractivity contribution in [1.29, 1.82) is 0 Å². The molecule has 2 aliphatic rings. The van der Waals surface area contributed by atoms with Gasteiger partial charge in [0, 0.05) is 25.2 Å². The molecule has 1 saturated carbocycles. The Labute approximate surface area is 165 Å². The minimum Gasteiger partial charge on any atom is -0.358 e. The Morgan fingerprint density at radius 2 is 1.96 bits per heavy atom. The second-order valence-electron chi connectivity index (χ2n) is 7.58. The predicted octanol–water partition coefficient (Wildman–Crippen LogP) is 3.56. The quantitative estimate of drug-likeness (QED) is 0.478. The molecule has 0 N–H and O–H groups in total. The van der Waals surface area contributed by atoms with Gasteiger partial charge in [-0.1, -0.05) is 13.0 Å².